The van der Waals surface area contributed by atoms with Gasteiger partial charge in [0.05, 0.1) is 0 Å². The van der Waals surface area contributed by atoms with E-state index >= 15 is 0 Å². The van der Waals surface area contributed by atoms with Crippen molar-refractivity contribution in [3.8, 4) is 23.0 Å². The normalized spacial score (nSPS) is 10.8. The van der Waals surface area contributed by atoms with Crippen molar-refractivity contribution >= 4 is 58.9 Å². The van der Waals surface area contributed by atoms with Crippen molar-refractivity contribution in [2.75, 3.05) is 5.90 Å². The molecule has 1 nitrogen and oxygen atoms in total. The molecule has 5 heteroatoms. The molecule has 8 aromatic carbocycles. The molecule has 1 aliphatic carbocycles. The van der Waals surface area contributed by atoms with Gasteiger partial charge in [0, 0.05) is 28.9 Å². The fraction of sp³-hybridized carbons (Fsp3) is 0.0545. The van der Waals surface area contributed by atoms with Gasteiger partial charge < -0.3 is 17.4 Å². The molecule has 0 atom stereocenters. The third kappa shape index (κ3) is 10.1. The van der Waals surface area contributed by atoms with E-state index in [0.29, 0.717) is 0 Å². The van der Waals surface area contributed by atoms with Crippen molar-refractivity contribution in [1.29, 1.82) is 0 Å². The molecule has 298 valence electrons. The van der Waals surface area contributed by atoms with Crippen LogP contribution in [0.5, 0.6) is 0 Å². The molecular formula is C55H43Au2NP2+2. The average Bonchev–Trinajstić information content (AvgIpc) is 3.82. The molecule has 0 N–H and O–H groups in total. The molecular weight excluding hydrogens is 1130 g/mol. The summed E-state index contributed by atoms with van der Waals surface area (Å²) in [5.74, 6) is 6.11. The standard InChI is InChI=1S/C25H22P2.C15H10N.C15H9.2Au/c1-5-13-22(14-6-1)26(23-15-7-2-8-16-23)21-27(24-17-9-3-10-18-24)25-19-11-4-12-20-25;1-3-11-8-9-13-12-6-4-5-7-14(12)16(2)15(13)10-11;1-2-11-7-8-15-13(9-11)10-12-5-3-4-6-14(12)15;;/h1-20H,21H2;4-10H,2H3;3-9H,10H2;;/q;2*-1;2*+1/p+2. The molecule has 0 aliphatic heterocycles. The monoisotopic (exact) mass is 1170 g/mol. The zero-order valence-electron chi connectivity index (χ0n) is 33.1. The molecule has 10 rings (SSSR count). The first-order valence-electron chi connectivity index (χ1n) is 19.6. The van der Waals surface area contributed by atoms with E-state index < -0.39 is 15.8 Å². The maximum absolute atomic E-state index is 7.16. The van der Waals surface area contributed by atoms with Gasteiger partial charge in [-0.3, -0.25) is 11.8 Å². The number of para-hydroxylation sites is 1. The number of hydrogen-bond acceptors (Lipinski definition) is 0. The van der Waals surface area contributed by atoms with E-state index in [1.54, 1.807) is 0 Å². The smallest absolute Gasteiger partial charge is 0.366 e. The number of hydrogen-bond donors (Lipinski definition) is 0. The molecule has 9 aromatic rings. The van der Waals surface area contributed by atoms with Crippen LogP contribution in [0.1, 0.15) is 22.3 Å². The minimum Gasteiger partial charge on any atom is -0.366 e. The molecule has 0 spiro atoms. The van der Waals surface area contributed by atoms with Crippen LogP contribution in [0, 0.1) is 24.7 Å². The molecule has 0 bridgehead atoms. The summed E-state index contributed by atoms with van der Waals surface area (Å²) in [6.07, 6.45) is 15.3. The number of aromatic nitrogens is 1. The van der Waals surface area contributed by atoms with Gasteiger partial charge in [0.2, 0.25) is 0 Å². The fourth-order valence-electron chi connectivity index (χ4n) is 7.94. The van der Waals surface area contributed by atoms with Crippen LogP contribution in [0.15, 0.2) is 206 Å². The van der Waals surface area contributed by atoms with Crippen molar-refractivity contribution in [3.63, 3.8) is 0 Å². The second kappa shape index (κ2) is 21.5. The van der Waals surface area contributed by atoms with E-state index in [2.05, 4.69) is 205 Å². The molecule has 1 heterocycles. The second-order valence-corrected chi connectivity index (χ2v) is 20.0. The van der Waals surface area contributed by atoms with Crippen LogP contribution < -0.4 is 21.2 Å². The number of rotatable bonds is 6. The number of benzene rings is 8. The summed E-state index contributed by atoms with van der Waals surface area (Å²) in [4.78, 5) is 0. The predicted octanol–water partition coefficient (Wildman–Crippen LogP) is 11.1. The van der Waals surface area contributed by atoms with Crippen LogP contribution in [0.4, 0.5) is 0 Å². The first kappa shape index (κ1) is 44.6. The third-order valence-corrected chi connectivity index (χ3v) is 17.8. The SMILES string of the molecule is [Au+].[Au+].[C-]#Cc1ccc2c(c1)Cc1ccccc1-2.[C-]#Cc1ccc2c3ccccc3n(C)c2c1.c1ccc([PH+](C[PH+](c2ccccc2)c2ccccc2)c2ccccc2)cc1. The van der Waals surface area contributed by atoms with Crippen LogP contribution in [-0.4, -0.2) is 10.5 Å². The summed E-state index contributed by atoms with van der Waals surface area (Å²) in [7, 11) is 0.359. The Kier molecular flexibility index (Phi) is 16.0. The van der Waals surface area contributed by atoms with Gasteiger partial charge in [0.1, 0.15) is 37.1 Å². The van der Waals surface area contributed by atoms with Gasteiger partial charge in [-0.25, -0.2) is 0 Å². The minimum absolute atomic E-state index is 0. The van der Waals surface area contributed by atoms with E-state index in [1.165, 1.54) is 65.7 Å². The van der Waals surface area contributed by atoms with E-state index in [-0.39, 0.29) is 44.8 Å². The van der Waals surface area contributed by atoms with E-state index in [0.717, 1.165) is 23.1 Å². The first-order chi connectivity index (χ1) is 28.6. The van der Waals surface area contributed by atoms with E-state index in [1.807, 2.05) is 24.3 Å². The number of nitrogens with zero attached hydrogens (tertiary/aromatic N) is 1. The maximum atomic E-state index is 7.16. The largest absolute Gasteiger partial charge is 1.00 e. The molecule has 60 heavy (non-hydrogen) atoms. The van der Waals surface area contributed by atoms with Gasteiger partial charge in [0.15, 0.2) is 5.90 Å². The maximum Gasteiger partial charge on any atom is 1.00 e. The fourth-order valence-corrected chi connectivity index (χ4v) is 15.7. The van der Waals surface area contributed by atoms with Gasteiger partial charge >= 0.3 is 44.8 Å². The Bertz CT molecular complexity index is 2720. The van der Waals surface area contributed by atoms with Crippen molar-refractivity contribution < 1.29 is 44.8 Å². The molecule has 0 unspecified atom stereocenters. The molecule has 1 aromatic heterocycles. The quantitative estimate of drug-likeness (QED) is 0.0677. The second-order valence-electron chi connectivity index (χ2n) is 14.4. The van der Waals surface area contributed by atoms with E-state index in [9.17, 15) is 0 Å². The molecule has 0 radical (unpaired) electrons. The summed E-state index contributed by atoms with van der Waals surface area (Å²) >= 11 is 0. The Labute approximate surface area is 388 Å². The molecule has 1 aliphatic rings. The summed E-state index contributed by atoms with van der Waals surface area (Å²) < 4.78 is 2.16. The van der Waals surface area contributed by atoms with Gasteiger partial charge in [-0.1, -0.05) is 133 Å². The zero-order valence-corrected chi connectivity index (χ0v) is 39.4. The van der Waals surface area contributed by atoms with Crippen LogP contribution in [-0.2, 0) is 58.2 Å². The zero-order chi connectivity index (χ0) is 39.7. The Balaban J connectivity index is 0.000000157. The van der Waals surface area contributed by atoms with Gasteiger partial charge in [-0.15, -0.1) is 35.4 Å². The molecule has 0 fully saturated rings. The van der Waals surface area contributed by atoms with Crippen molar-refractivity contribution in [1.82, 2.24) is 4.57 Å². The molecule has 0 amide bonds. The average molecular weight is 1170 g/mol. The van der Waals surface area contributed by atoms with Crippen LogP contribution in [0.3, 0.4) is 0 Å². The van der Waals surface area contributed by atoms with Crippen LogP contribution in [0.2, 0.25) is 0 Å². The summed E-state index contributed by atoms with van der Waals surface area (Å²) in [5, 5.41) is 8.51. The van der Waals surface area contributed by atoms with Crippen molar-refractivity contribution in [2.45, 2.75) is 6.42 Å². The summed E-state index contributed by atoms with van der Waals surface area (Å²) in [6.45, 7) is 0. The van der Waals surface area contributed by atoms with Crippen molar-refractivity contribution in [2.24, 2.45) is 7.05 Å². The van der Waals surface area contributed by atoms with Gasteiger partial charge in [-0.2, -0.15) is 0 Å². The van der Waals surface area contributed by atoms with Crippen molar-refractivity contribution in [3.05, 3.63) is 241 Å². The summed E-state index contributed by atoms with van der Waals surface area (Å²) in [5.41, 5.74) is 9.40. The molecule has 0 saturated heterocycles. The minimum atomic E-state index is -0.847. The Morgan fingerprint density at radius 1 is 0.433 bits per heavy atom. The Hall–Kier alpha value is -4.98. The number of fused-ring (bicyclic) bond motifs is 6. The van der Waals surface area contributed by atoms with Crippen LogP contribution >= 0.6 is 15.8 Å². The van der Waals surface area contributed by atoms with Crippen LogP contribution in [0.25, 0.3) is 32.9 Å². The topological polar surface area (TPSA) is 4.93 Å². The Morgan fingerprint density at radius 2 is 0.850 bits per heavy atom. The van der Waals surface area contributed by atoms with E-state index in [4.69, 9.17) is 12.8 Å². The number of aryl methyl sites for hydroxylation is 1. The third-order valence-electron chi connectivity index (χ3n) is 10.8. The summed E-state index contributed by atoms with van der Waals surface area (Å²) in [6, 6.07) is 73.4. The first-order valence-corrected chi connectivity index (χ1v) is 23.0. The Morgan fingerprint density at radius 3 is 1.38 bits per heavy atom. The van der Waals surface area contributed by atoms with Gasteiger partial charge in [-0.05, 0) is 77.7 Å². The predicted molar refractivity (Wildman–Crippen MR) is 253 cm³/mol. The molecule has 0 saturated carbocycles. The van der Waals surface area contributed by atoms with Gasteiger partial charge in [0.25, 0.3) is 0 Å².